The summed E-state index contributed by atoms with van der Waals surface area (Å²) in [5, 5.41) is 17.8. The number of carbonyl (C=O) groups excluding carboxylic acids is 1. The van der Waals surface area contributed by atoms with Gasteiger partial charge in [-0.15, -0.1) is 10.2 Å². The van der Waals surface area contributed by atoms with Gasteiger partial charge in [-0.2, -0.15) is 0 Å². The number of esters is 1. The van der Waals surface area contributed by atoms with Crippen molar-refractivity contribution >= 4 is 17.0 Å². The van der Waals surface area contributed by atoms with Gasteiger partial charge in [0.25, 0.3) is 0 Å². The van der Waals surface area contributed by atoms with Crippen LogP contribution in [-0.2, 0) is 16.0 Å². The summed E-state index contributed by atoms with van der Waals surface area (Å²) >= 11 is 0. The van der Waals surface area contributed by atoms with Crippen LogP contribution in [0.3, 0.4) is 0 Å². The Balaban J connectivity index is 1.72. The van der Waals surface area contributed by atoms with E-state index in [1.165, 1.54) is 6.42 Å². The number of rotatable bonds is 10. The van der Waals surface area contributed by atoms with Gasteiger partial charge in [-0.25, -0.2) is 0 Å². The van der Waals surface area contributed by atoms with E-state index >= 15 is 0 Å². The predicted octanol–water partition coefficient (Wildman–Crippen LogP) is 5.03. The SMILES string of the molecule is CCCCC(CC)COC(=O)CCc1ccc2nn(O)nc2c1-c1ccccc1. The van der Waals surface area contributed by atoms with Gasteiger partial charge in [0.1, 0.15) is 11.0 Å². The molecule has 154 valence electrons. The highest BCUT2D eigenvalue weighted by molar-refractivity contribution is 5.93. The average Bonchev–Trinajstić information content (AvgIpc) is 3.12. The fourth-order valence-corrected chi connectivity index (χ4v) is 3.57. The summed E-state index contributed by atoms with van der Waals surface area (Å²) in [5.74, 6) is 0.264. The molecule has 1 atom stereocenters. The maximum Gasteiger partial charge on any atom is 0.306 e. The third-order valence-corrected chi connectivity index (χ3v) is 5.31. The number of carbonyl (C=O) groups is 1. The first-order valence-corrected chi connectivity index (χ1v) is 10.4. The quantitative estimate of drug-likeness (QED) is 0.385. The van der Waals surface area contributed by atoms with Crippen molar-refractivity contribution in [3.8, 4) is 11.1 Å². The summed E-state index contributed by atoms with van der Waals surface area (Å²) in [4.78, 5) is 12.9. The molecule has 0 saturated carbocycles. The van der Waals surface area contributed by atoms with Crippen molar-refractivity contribution in [2.45, 2.75) is 52.4 Å². The van der Waals surface area contributed by atoms with Crippen molar-refractivity contribution in [1.29, 1.82) is 0 Å². The molecule has 0 aliphatic carbocycles. The molecule has 1 unspecified atom stereocenters. The largest absolute Gasteiger partial charge is 0.465 e. The maximum atomic E-state index is 12.3. The van der Waals surface area contributed by atoms with Gasteiger partial charge in [-0.05, 0) is 40.9 Å². The molecule has 0 bridgehead atoms. The average molecular weight is 396 g/mol. The van der Waals surface area contributed by atoms with Crippen molar-refractivity contribution in [1.82, 2.24) is 15.2 Å². The third kappa shape index (κ3) is 5.34. The van der Waals surface area contributed by atoms with Crippen molar-refractivity contribution in [2.24, 2.45) is 5.92 Å². The molecule has 1 heterocycles. The standard InChI is InChI=1S/C23H29N3O3/c1-3-5-9-17(4-2)16-29-21(27)15-13-19-12-14-20-23(25-26(28)24-20)22(19)18-10-7-6-8-11-18/h6-8,10-12,14,17,28H,3-5,9,13,15-16H2,1-2H3. The lowest BCUT2D eigenvalue weighted by atomic mass is 9.95. The highest BCUT2D eigenvalue weighted by atomic mass is 16.5. The van der Waals surface area contributed by atoms with Crippen LogP contribution < -0.4 is 0 Å². The Labute approximate surface area is 171 Å². The molecule has 3 aromatic rings. The zero-order chi connectivity index (χ0) is 20.6. The molecule has 0 spiro atoms. The van der Waals surface area contributed by atoms with Crippen molar-refractivity contribution in [3.05, 3.63) is 48.0 Å². The van der Waals surface area contributed by atoms with Crippen LogP contribution in [0.1, 0.15) is 51.5 Å². The summed E-state index contributed by atoms with van der Waals surface area (Å²) < 4.78 is 5.54. The number of nitrogens with zero attached hydrogens (tertiary/aromatic N) is 3. The normalized spacial score (nSPS) is 12.2. The lowest BCUT2D eigenvalue weighted by Gasteiger charge is -2.15. The highest BCUT2D eigenvalue weighted by Crippen LogP contribution is 2.31. The molecule has 0 amide bonds. The molecule has 0 radical (unpaired) electrons. The second-order valence-corrected chi connectivity index (χ2v) is 7.40. The summed E-state index contributed by atoms with van der Waals surface area (Å²) in [7, 11) is 0. The number of ether oxygens (including phenoxy) is 1. The van der Waals surface area contributed by atoms with E-state index in [4.69, 9.17) is 4.74 Å². The van der Waals surface area contributed by atoms with Crippen LogP contribution in [0, 0.1) is 5.92 Å². The summed E-state index contributed by atoms with van der Waals surface area (Å²) in [6, 6.07) is 13.6. The summed E-state index contributed by atoms with van der Waals surface area (Å²) in [6.45, 7) is 4.82. The number of unbranched alkanes of at least 4 members (excludes halogenated alkanes) is 1. The van der Waals surface area contributed by atoms with Gasteiger partial charge in [0.05, 0.1) is 6.61 Å². The van der Waals surface area contributed by atoms with Crippen molar-refractivity contribution in [3.63, 3.8) is 0 Å². The van der Waals surface area contributed by atoms with E-state index in [0.717, 1.165) is 36.0 Å². The molecule has 0 aliphatic rings. The zero-order valence-corrected chi connectivity index (χ0v) is 17.2. The molecular formula is C23H29N3O3. The Morgan fingerprint density at radius 1 is 1.14 bits per heavy atom. The van der Waals surface area contributed by atoms with Crippen LogP contribution in [0.5, 0.6) is 0 Å². The smallest absolute Gasteiger partial charge is 0.306 e. The number of fused-ring (bicyclic) bond motifs is 1. The number of hydrogen-bond acceptors (Lipinski definition) is 5. The van der Waals surface area contributed by atoms with E-state index in [-0.39, 0.29) is 5.97 Å². The minimum absolute atomic E-state index is 0.176. The van der Waals surface area contributed by atoms with Gasteiger partial charge >= 0.3 is 5.97 Å². The fraction of sp³-hybridized carbons (Fsp3) is 0.435. The monoisotopic (exact) mass is 395 g/mol. The second-order valence-electron chi connectivity index (χ2n) is 7.40. The Morgan fingerprint density at radius 3 is 2.66 bits per heavy atom. The maximum absolute atomic E-state index is 12.3. The van der Waals surface area contributed by atoms with Gasteiger partial charge < -0.3 is 9.94 Å². The minimum Gasteiger partial charge on any atom is -0.465 e. The minimum atomic E-state index is -0.176. The van der Waals surface area contributed by atoms with Gasteiger partial charge in [-0.3, -0.25) is 4.79 Å². The molecule has 6 nitrogen and oxygen atoms in total. The van der Waals surface area contributed by atoms with Crippen LogP contribution >= 0.6 is 0 Å². The molecule has 1 aromatic heterocycles. The van der Waals surface area contributed by atoms with Crippen LogP contribution in [0.2, 0.25) is 0 Å². The van der Waals surface area contributed by atoms with Crippen LogP contribution in [-0.4, -0.2) is 32.9 Å². The predicted molar refractivity (Wildman–Crippen MR) is 113 cm³/mol. The Bertz CT molecular complexity index is 937. The van der Waals surface area contributed by atoms with E-state index < -0.39 is 0 Å². The number of aryl methyl sites for hydroxylation is 1. The first kappa shape index (κ1) is 20.8. The Morgan fingerprint density at radius 2 is 1.93 bits per heavy atom. The van der Waals surface area contributed by atoms with Gasteiger partial charge in [-0.1, -0.05) is 69.5 Å². The summed E-state index contributed by atoms with van der Waals surface area (Å²) in [5.41, 5.74) is 4.09. The number of aromatic nitrogens is 3. The molecule has 3 rings (SSSR count). The highest BCUT2D eigenvalue weighted by Gasteiger charge is 2.16. The number of benzene rings is 2. The Kier molecular flexibility index (Phi) is 7.22. The lowest BCUT2D eigenvalue weighted by Crippen LogP contribution is -2.14. The topological polar surface area (TPSA) is 77.2 Å². The van der Waals surface area contributed by atoms with Crippen LogP contribution in [0.15, 0.2) is 42.5 Å². The van der Waals surface area contributed by atoms with Crippen molar-refractivity contribution < 1.29 is 14.7 Å². The van der Waals surface area contributed by atoms with E-state index in [9.17, 15) is 10.0 Å². The molecule has 0 saturated heterocycles. The molecule has 0 aliphatic heterocycles. The van der Waals surface area contributed by atoms with Gasteiger partial charge in [0, 0.05) is 12.0 Å². The fourth-order valence-electron chi connectivity index (χ4n) is 3.57. The van der Waals surface area contributed by atoms with Crippen LogP contribution in [0.25, 0.3) is 22.2 Å². The van der Waals surface area contributed by atoms with Gasteiger partial charge in [0.2, 0.25) is 0 Å². The third-order valence-electron chi connectivity index (χ3n) is 5.31. The number of hydrogen-bond donors (Lipinski definition) is 1. The summed E-state index contributed by atoms with van der Waals surface area (Å²) in [6.07, 6.45) is 5.31. The molecule has 1 N–H and O–H groups in total. The molecule has 0 fully saturated rings. The Hall–Kier alpha value is -2.89. The van der Waals surface area contributed by atoms with E-state index in [2.05, 4.69) is 24.0 Å². The van der Waals surface area contributed by atoms with E-state index in [1.54, 1.807) is 0 Å². The zero-order valence-electron chi connectivity index (χ0n) is 17.2. The first-order chi connectivity index (χ1) is 14.1. The van der Waals surface area contributed by atoms with Crippen molar-refractivity contribution in [2.75, 3.05) is 6.61 Å². The molecular weight excluding hydrogens is 366 g/mol. The van der Waals surface area contributed by atoms with Crippen LogP contribution in [0.4, 0.5) is 0 Å². The molecule has 29 heavy (non-hydrogen) atoms. The van der Waals surface area contributed by atoms with E-state index in [1.807, 2.05) is 42.5 Å². The lowest BCUT2D eigenvalue weighted by molar-refractivity contribution is -0.145. The van der Waals surface area contributed by atoms with Gasteiger partial charge in [0.15, 0.2) is 0 Å². The second kappa shape index (κ2) is 10.0. The first-order valence-electron chi connectivity index (χ1n) is 10.4. The molecule has 6 heteroatoms. The molecule has 2 aromatic carbocycles. The van der Waals surface area contributed by atoms with E-state index in [0.29, 0.717) is 41.4 Å².